The molecule has 0 atom stereocenters. The van der Waals surface area contributed by atoms with Gasteiger partial charge in [-0.05, 0) is 13.0 Å². The summed E-state index contributed by atoms with van der Waals surface area (Å²) in [5.74, 6) is -0.208. The third kappa shape index (κ3) is 2.62. The van der Waals surface area contributed by atoms with E-state index in [4.69, 9.17) is 5.73 Å². The van der Waals surface area contributed by atoms with Crippen LogP contribution in [0.3, 0.4) is 0 Å². The van der Waals surface area contributed by atoms with Crippen molar-refractivity contribution in [2.75, 3.05) is 5.73 Å². The van der Waals surface area contributed by atoms with Crippen molar-refractivity contribution in [3.8, 4) is 0 Å². The number of anilines is 1. The SMILES string of the molecule is Cc1cc(C(=O)NCc2csc(N)n2)nn1C. The number of aryl methyl sites for hydroxylation is 2. The van der Waals surface area contributed by atoms with Crippen LogP contribution < -0.4 is 11.1 Å². The second-order valence-corrected chi connectivity index (χ2v) is 4.54. The topological polar surface area (TPSA) is 85.8 Å². The van der Waals surface area contributed by atoms with Crippen molar-refractivity contribution in [3.05, 3.63) is 28.5 Å². The van der Waals surface area contributed by atoms with Crippen molar-refractivity contribution >= 4 is 22.4 Å². The van der Waals surface area contributed by atoms with Crippen molar-refractivity contribution < 1.29 is 4.79 Å². The maximum atomic E-state index is 11.7. The minimum Gasteiger partial charge on any atom is -0.375 e. The minimum atomic E-state index is -0.208. The molecule has 0 fully saturated rings. The zero-order chi connectivity index (χ0) is 12.4. The van der Waals surface area contributed by atoms with Gasteiger partial charge in [-0.3, -0.25) is 9.48 Å². The normalized spacial score (nSPS) is 10.5. The van der Waals surface area contributed by atoms with Gasteiger partial charge < -0.3 is 11.1 Å². The Morgan fingerprint density at radius 2 is 2.41 bits per heavy atom. The first-order valence-corrected chi connectivity index (χ1v) is 5.93. The molecule has 0 aliphatic carbocycles. The predicted molar refractivity (Wildman–Crippen MR) is 65.6 cm³/mol. The molecule has 2 heterocycles. The van der Waals surface area contributed by atoms with E-state index in [0.717, 1.165) is 11.4 Å². The Kier molecular flexibility index (Phi) is 3.10. The molecule has 7 heteroatoms. The minimum absolute atomic E-state index is 0.208. The van der Waals surface area contributed by atoms with E-state index in [0.29, 0.717) is 17.4 Å². The van der Waals surface area contributed by atoms with E-state index in [2.05, 4.69) is 15.4 Å². The largest absolute Gasteiger partial charge is 0.375 e. The van der Waals surface area contributed by atoms with Crippen molar-refractivity contribution in [3.63, 3.8) is 0 Å². The highest BCUT2D eigenvalue weighted by atomic mass is 32.1. The molecule has 0 saturated carbocycles. The molecule has 3 N–H and O–H groups in total. The first-order chi connectivity index (χ1) is 8.06. The van der Waals surface area contributed by atoms with Crippen molar-refractivity contribution in [2.45, 2.75) is 13.5 Å². The van der Waals surface area contributed by atoms with Gasteiger partial charge in [0.15, 0.2) is 5.13 Å². The summed E-state index contributed by atoms with van der Waals surface area (Å²) >= 11 is 1.35. The smallest absolute Gasteiger partial charge is 0.272 e. The number of nitrogen functional groups attached to an aromatic ring is 1. The lowest BCUT2D eigenvalue weighted by Gasteiger charge is -1.99. The molecule has 0 aliphatic heterocycles. The number of amides is 1. The summed E-state index contributed by atoms with van der Waals surface area (Å²) in [6.07, 6.45) is 0. The highest BCUT2D eigenvalue weighted by Gasteiger charge is 2.10. The Bertz CT molecular complexity index is 525. The lowest BCUT2D eigenvalue weighted by molar-refractivity contribution is 0.0945. The Morgan fingerprint density at radius 3 is 2.94 bits per heavy atom. The van der Waals surface area contributed by atoms with Crippen LogP contribution in [0.15, 0.2) is 11.4 Å². The molecule has 0 saturated heterocycles. The third-order valence-corrected chi connectivity index (χ3v) is 3.07. The van der Waals surface area contributed by atoms with E-state index in [9.17, 15) is 4.79 Å². The number of aromatic nitrogens is 3. The van der Waals surface area contributed by atoms with Gasteiger partial charge in [0.05, 0.1) is 12.2 Å². The standard InChI is InChI=1S/C10H13N5OS/c1-6-3-8(14-15(6)2)9(16)12-4-7-5-17-10(11)13-7/h3,5H,4H2,1-2H3,(H2,11,13)(H,12,16). The summed E-state index contributed by atoms with van der Waals surface area (Å²) in [5.41, 5.74) is 7.60. The molecule has 0 bridgehead atoms. The van der Waals surface area contributed by atoms with Crippen molar-refractivity contribution in [1.82, 2.24) is 20.1 Å². The molecule has 90 valence electrons. The van der Waals surface area contributed by atoms with Gasteiger partial charge in [0.1, 0.15) is 5.69 Å². The van der Waals surface area contributed by atoms with Crippen LogP contribution in [0.1, 0.15) is 21.9 Å². The molecule has 2 rings (SSSR count). The Balaban J connectivity index is 1.98. The van der Waals surface area contributed by atoms with Gasteiger partial charge >= 0.3 is 0 Å². The van der Waals surface area contributed by atoms with Crippen molar-refractivity contribution in [1.29, 1.82) is 0 Å². The van der Waals surface area contributed by atoms with Crippen LogP contribution in [0.5, 0.6) is 0 Å². The van der Waals surface area contributed by atoms with Gasteiger partial charge in [0.2, 0.25) is 0 Å². The van der Waals surface area contributed by atoms with Gasteiger partial charge in [-0.15, -0.1) is 11.3 Å². The molecule has 0 spiro atoms. The van der Waals surface area contributed by atoms with Crippen LogP contribution in [0.25, 0.3) is 0 Å². The molecular weight excluding hydrogens is 238 g/mol. The number of nitrogens with two attached hydrogens (primary N) is 1. The van der Waals surface area contributed by atoms with Crippen molar-refractivity contribution in [2.24, 2.45) is 7.05 Å². The molecular formula is C10H13N5OS. The van der Waals surface area contributed by atoms with Gasteiger partial charge in [-0.2, -0.15) is 5.10 Å². The summed E-state index contributed by atoms with van der Waals surface area (Å²) in [7, 11) is 1.80. The molecule has 0 aliphatic rings. The maximum absolute atomic E-state index is 11.7. The molecule has 0 unspecified atom stereocenters. The third-order valence-electron chi connectivity index (χ3n) is 2.35. The summed E-state index contributed by atoms with van der Waals surface area (Å²) in [6, 6.07) is 1.74. The first kappa shape index (κ1) is 11.6. The lowest BCUT2D eigenvalue weighted by Crippen LogP contribution is -2.23. The molecule has 0 aromatic carbocycles. The number of carbonyl (C=O) groups excluding carboxylic acids is 1. The Hall–Kier alpha value is -1.89. The number of nitrogens with one attached hydrogen (secondary N) is 1. The lowest BCUT2D eigenvalue weighted by atomic mass is 10.3. The van der Waals surface area contributed by atoms with Gasteiger partial charge in [-0.25, -0.2) is 4.98 Å². The fourth-order valence-corrected chi connectivity index (χ4v) is 1.90. The highest BCUT2D eigenvalue weighted by Crippen LogP contribution is 2.10. The number of thiazole rings is 1. The second-order valence-electron chi connectivity index (χ2n) is 3.65. The number of carbonyl (C=O) groups is 1. The fraction of sp³-hybridized carbons (Fsp3) is 0.300. The molecule has 17 heavy (non-hydrogen) atoms. The molecule has 1 amide bonds. The summed E-state index contributed by atoms with van der Waals surface area (Å²) in [4.78, 5) is 15.8. The average molecular weight is 251 g/mol. The van der Waals surface area contributed by atoms with Crippen LogP contribution in [0.4, 0.5) is 5.13 Å². The van der Waals surface area contributed by atoms with E-state index in [1.165, 1.54) is 11.3 Å². The van der Waals surface area contributed by atoms with E-state index < -0.39 is 0 Å². The van der Waals surface area contributed by atoms with Crippen LogP contribution >= 0.6 is 11.3 Å². The summed E-state index contributed by atoms with van der Waals surface area (Å²) < 4.78 is 1.66. The first-order valence-electron chi connectivity index (χ1n) is 5.05. The van der Waals surface area contributed by atoms with E-state index >= 15 is 0 Å². The maximum Gasteiger partial charge on any atom is 0.272 e. The molecule has 6 nitrogen and oxygen atoms in total. The quantitative estimate of drug-likeness (QED) is 0.840. The van der Waals surface area contributed by atoms with Gasteiger partial charge in [0.25, 0.3) is 5.91 Å². The summed E-state index contributed by atoms with van der Waals surface area (Å²) in [5, 5.41) is 9.15. The second kappa shape index (κ2) is 4.54. The molecule has 2 aromatic heterocycles. The zero-order valence-corrected chi connectivity index (χ0v) is 10.4. The Labute approximate surface area is 102 Å². The monoisotopic (exact) mass is 251 g/mol. The number of rotatable bonds is 3. The number of nitrogens with zero attached hydrogens (tertiary/aromatic N) is 3. The predicted octanol–water partition coefficient (Wildman–Crippen LogP) is 0.697. The van der Waals surface area contributed by atoms with Crippen LogP contribution in [-0.4, -0.2) is 20.7 Å². The fourth-order valence-electron chi connectivity index (χ4n) is 1.34. The highest BCUT2D eigenvalue weighted by molar-refractivity contribution is 7.13. The van der Waals surface area contributed by atoms with E-state index in [1.807, 2.05) is 12.3 Å². The van der Waals surface area contributed by atoms with Gasteiger partial charge in [0, 0.05) is 18.1 Å². The average Bonchev–Trinajstić information content (AvgIpc) is 2.83. The number of hydrogen-bond donors (Lipinski definition) is 2. The zero-order valence-electron chi connectivity index (χ0n) is 9.60. The van der Waals surface area contributed by atoms with E-state index in [1.54, 1.807) is 17.8 Å². The van der Waals surface area contributed by atoms with Crippen LogP contribution in [0, 0.1) is 6.92 Å². The van der Waals surface area contributed by atoms with Crippen LogP contribution in [-0.2, 0) is 13.6 Å². The Morgan fingerprint density at radius 1 is 1.65 bits per heavy atom. The molecule has 0 radical (unpaired) electrons. The number of hydrogen-bond acceptors (Lipinski definition) is 5. The van der Waals surface area contributed by atoms with Crippen LogP contribution in [0.2, 0.25) is 0 Å². The molecule has 2 aromatic rings. The van der Waals surface area contributed by atoms with E-state index in [-0.39, 0.29) is 5.91 Å². The summed E-state index contributed by atoms with van der Waals surface area (Å²) in [6.45, 7) is 2.26. The van der Waals surface area contributed by atoms with Gasteiger partial charge in [-0.1, -0.05) is 0 Å².